The van der Waals surface area contributed by atoms with Gasteiger partial charge in [-0.2, -0.15) is 4.98 Å². The molecule has 3 heterocycles. The molecule has 36 heavy (non-hydrogen) atoms. The molecule has 3 amide bonds. The van der Waals surface area contributed by atoms with Gasteiger partial charge in [0, 0.05) is 38.8 Å². The first kappa shape index (κ1) is 26.3. The molecule has 200 valence electrons. The molecule has 0 aromatic carbocycles. The Hall–Kier alpha value is -2.79. The van der Waals surface area contributed by atoms with E-state index in [2.05, 4.69) is 15.5 Å². The quantitative estimate of drug-likeness (QED) is 0.569. The molecule has 2 atom stereocenters. The molecule has 10 nitrogen and oxygen atoms in total. The molecule has 2 aliphatic heterocycles. The lowest BCUT2D eigenvalue weighted by Gasteiger charge is -2.35. The summed E-state index contributed by atoms with van der Waals surface area (Å²) in [6.45, 7) is 4.59. The van der Waals surface area contributed by atoms with Gasteiger partial charge in [0.15, 0.2) is 5.82 Å². The van der Waals surface area contributed by atoms with Crippen molar-refractivity contribution in [1.82, 2.24) is 25.3 Å². The maximum Gasteiger partial charge on any atom is 0.407 e. The van der Waals surface area contributed by atoms with Crippen molar-refractivity contribution < 1.29 is 32.4 Å². The van der Waals surface area contributed by atoms with E-state index >= 15 is 0 Å². The minimum Gasteiger partial charge on any atom is -0.444 e. The number of alkyl halides is 2. The second kappa shape index (κ2) is 10.3. The van der Waals surface area contributed by atoms with Gasteiger partial charge in [-0.3, -0.25) is 9.59 Å². The second-order valence-corrected chi connectivity index (χ2v) is 11.1. The number of amides is 3. The Bertz CT molecular complexity index is 974. The second-order valence-electron chi connectivity index (χ2n) is 11.1. The lowest BCUT2D eigenvalue weighted by Crippen LogP contribution is -2.53. The highest BCUT2D eigenvalue weighted by Crippen LogP contribution is 2.35. The van der Waals surface area contributed by atoms with Crippen molar-refractivity contribution >= 4 is 17.9 Å². The van der Waals surface area contributed by atoms with E-state index in [9.17, 15) is 23.2 Å². The minimum atomic E-state index is -3.01. The van der Waals surface area contributed by atoms with Crippen LogP contribution < -0.4 is 5.32 Å². The number of hydrogen-bond donors (Lipinski definition) is 1. The molecule has 3 fully saturated rings. The van der Waals surface area contributed by atoms with Crippen molar-refractivity contribution in [2.45, 2.75) is 95.7 Å². The van der Waals surface area contributed by atoms with Crippen LogP contribution in [0.2, 0.25) is 0 Å². The number of rotatable bonds is 8. The number of carbonyl (C=O) groups is 3. The first-order chi connectivity index (χ1) is 16.9. The average molecular weight is 512 g/mol. The summed E-state index contributed by atoms with van der Waals surface area (Å²) in [5, 5.41) is 6.67. The fourth-order valence-electron chi connectivity index (χ4n) is 4.68. The normalized spacial score (nSPS) is 23.0. The Morgan fingerprint density at radius 1 is 1.28 bits per heavy atom. The van der Waals surface area contributed by atoms with Crippen LogP contribution in [0.25, 0.3) is 0 Å². The predicted molar refractivity (Wildman–Crippen MR) is 123 cm³/mol. The Morgan fingerprint density at radius 3 is 2.72 bits per heavy atom. The standard InChI is InChI=1S/C24H35F2N5O5/c1-23(2,3)35-22(34)27-16(13-30-14-24(25,26)9-8-19(30)32)12-20(33)31-10-4-5-17(31)21-28-18(29-36-21)11-15-6-7-15/h15-17H,4-14H2,1-3H3,(H,27,34)/t16-,17-/m0/s1. The van der Waals surface area contributed by atoms with Crippen molar-refractivity contribution in [3.63, 3.8) is 0 Å². The first-order valence-corrected chi connectivity index (χ1v) is 12.7. The summed E-state index contributed by atoms with van der Waals surface area (Å²) < 4.78 is 38.7. The number of piperidine rings is 1. The average Bonchev–Trinajstić information content (AvgIpc) is 3.23. The summed E-state index contributed by atoms with van der Waals surface area (Å²) in [7, 11) is 0. The highest BCUT2D eigenvalue weighted by atomic mass is 19.3. The van der Waals surface area contributed by atoms with Gasteiger partial charge in [-0.1, -0.05) is 5.16 Å². The number of nitrogens with one attached hydrogen (secondary N) is 1. The summed E-state index contributed by atoms with van der Waals surface area (Å²) in [6.07, 6.45) is 2.74. The van der Waals surface area contributed by atoms with Crippen molar-refractivity contribution in [1.29, 1.82) is 0 Å². The van der Waals surface area contributed by atoms with Gasteiger partial charge in [0.25, 0.3) is 5.92 Å². The van der Waals surface area contributed by atoms with Gasteiger partial charge >= 0.3 is 6.09 Å². The number of alkyl carbamates (subject to hydrolysis) is 1. The van der Waals surface area contributed by atoms with Gasteiger partial charge in [-0.25, -0.2) is 13.6 Å². The Morgan fingerprint density at radius 2 is 2.03 bits per heavy atom. The molecule has 1 aromatic rings. The van der Waals surface area contributed by atoms with Crippen LogP contribution in [0.5, 0.6) is 0 Å². The van der Waals surface area contributed by atoms with Crippen LogP contribution in [-0.2, 0) is 20.7 Å². The predicted octanol–water partition coefficient (Wildman–Crippen LogP) is 3.23. The SMILES string of the molecule is CC(C)(C)OC(=O)N[C@@H](CC(=O)N1CCC[C@H]1c1nc(CC2CC2)no1)CN1CC(F)(F)CCC1=O. The van der Waals surface area contributed by atoms with E-state index in [0.717, 1.165) is 30.6 Å². The summed E-state index contributed by atoms with van der Waals surface area (Å²) in [4.78, 5) is 45.3. The van der Waals surface area contributed by atoms with Crippen LogP contribution in [0, 0.1) is 5.92 Å². The lowest BCUT2D eigenvalue weighted by molar-refractivity contribution is -0.148. The molecule has 1 N–H and O–H groups in total. The number of halogens is 2. The van der Waals surface area contributed by atoms with E-state index in [1.54, 1.807) is 25.7 Å². The highest BCUT2D eigenvalue weighted by Gasteiger charge is 2.41. The Kier molecular flexibility index (Phi) is 7.51. The minimum absolute atomic E-state index is 0.186. The number of likely N-dealkylation sites (tertiary alicyclic amines) is 2. The van der Waals surface area contributed by atoms with E-state index in [4.69, 9.17) is 9.26 Å². The van der Waals surface area contributed by atoms with Crippen molar-refractivity contribution in [2.75, 3.05) is 19.6 Å². The van der Waals surface area contributed by atoms with Crippen molar-refractivity contribution in [2.24, 2.45) is 5.92 Å². The molecular formula is C24H35F2N5O5. The fraction of sp³-hybridized carbons (Fsp3) is 0.792. The van der Waals surface area contributed by atoms with Crippen LogP contribution in [0.15, 0.2) is 4.52 Å². The molecule has 3 aliphatic rings. The highest BCUT2D eigenvalue weighted by molar-refractivity contribution is 5.80. The third-order valence-corrected chi connectivity index (χ3v) is 6.57. The lowest BCUT2D eigenvalue weighted by atomic mass is 10.0. The van der Waals surface area contributed by atoms with E-state index in [0.29, 0.717) is 30.6 Å². The molecule has 2 saturated heterocycles. The third-order valence-electron chi connectivity index (χ3n) is 6.57. The van der Waals surface area contributed by atoms with Gasteiger partial charge in [0.1, 0.15) is 11.6 Å². The number of aromatic nitrogens is 2. The van der Waals surface area contributed by atoms with Gasteiger partial charge in [-0.15, -0.1) is 0 Å². The molecule has 1 saturated carbocycles. The zero-order valence-electron chi connectivity index (χ0n) is 21.1. The van der Waals surface area contributed by atoms with Crippen LogP contribution >= 0.6 is 0 Å². The molecule has 0 spiro atoms. The summed E-state index contributed by atoms with van der Waals surface area (Å²) in [5.74, 6) is -2.11. The largest absolute Gasteiger partial charge is 0.444 e. The summed E-state index contributed by atoms with van der Waals surface area (Å²) >= 11 is 0. The molecule has 0 bridgehead atoms. The molecule has 0 radical (unpaired) electrons. The van der Waals surface area contributed by atoms with Crippen LogP contribution in [-0.4, -0.2) is 75.0 Å². The molecule has 0 unspecified atom stereocenters. The van der Waals surface area contributed by atoms with Gasteiger partial charge in [0.2, 0.25) is 17.7 Å². The first-order valence-electron chi connectivity index (χ1n) is 12.7. The van der Waals surface area contributed by atoms with E-state index in [1.807, 2.05) is 0 Å². The monoisotopic (exact) mass is 511 g/mol. The number of ether oxygens (including phenoxy) is 1. The summed E-state index contributed by atoms with van der Waals surface area (Å²) in [6, 6.07) is -1.28. The molecular weight excluding hydrogens is 476 g/mol. The molecule has 12 heteroatoms. The van der Waals surface area contributed by atoms with Crippen LogP contribution in [0.3, 0.4) is 0 Å². The maximum absolute atomic E-state index is 14.0. The number of nitrogens with zero attached hydrogens (tertiary/aromatic N) is 4. The van der Waals surface area contributed by atoms with Crippen molar-refractivity contribution in [3.05, 3.63) is 11.7 Å². The topological polar surface area (TPSA) is 118 Å². The summed E-state index contributed by atoms with van der Waals surface area (Å²) in [5.41, 5.74) is -0.789. The van der Waals surface area contributed by atoms with E-state index in [1.165, 1.54) is 0 Å². The number of carbonyl (C=O) groups excluding carboxylic acids is 3. The smallest absolute Gasteiger partial charge is 0.407 e. The van der Waals surface area contributed by atoms with Crippen molar-refractivity contribution in [3.8, 4) is 0 Å². The Balaban J connectivity index is 1.44. The molecule has 1 aliphatic carbocycles. The van der Waals surface area contributed by atoms with Gasteiger partial charge < -0.3 is 24.4 Å². The van der Waals surface area contributed by atoms with Gasteiger partial charge in [0.05, 0.1) is 12.6 Å². The zero-order chi connectivity index (χ0) is 26.1. The number of hydrogen-bond acceptors (Lipinski definition) is 7. The van der Waals surface area contributed by atoms with Gasteiger partial charge in [-0.05, 0) is 52.4 Å². The van der Waals surface area contributed by atoms with E-state index < -0.39 is 42.5 Å². The fourth-order valence-corrected chi connectivity index (χ4v) is 4.68. The molecule has 1 aromatic heterocycles. The van der Waals surface area contributed by atoms with Crippen LogP contribution in [0.1, 0.15) is 83.5 Å². The van der Waals surface area contributed by atoms with Crippen LogP contribution in [0.4, 0.5) is 13.6 Å². The third kappa shape index (κ3) is 7.13. The molecule has 4 rings (SSSR count). The maximum atomic E-state index is 14.0. The Labute approximate surface area is 209 Å². The van der Waals surface area contributed by atoms with E-state index in [-0.39, 0.29) is 31.3 Å². The zero-order valence-corrected chi connectivity index (χ0v) is 21.1.